The van der Waals surface area contributed by atoms with E-state index in [-0.39, 0.29) is 11.7 Å². The number of anilines is 1. The van der Waals surface area contributed by atoms with Gasteiger partial charge in [0.15, 0.2) is 0 Å². The lowest BCUT2D eigenvalue weighted by atomic mass is 10.2. The third kappa shape index (κ3) is 5.37. The van der Waals surface area contributed by atoms with Gasteiger partial charge in [-0.3, -0.25) is 10.1 Å². The molecule has 1 aliphatic rings. The summed E-state index contributed by atoms with van der Waals surface area (Å²) in [5, 5.41) is 5.81. The van der Waals surface area contributed by atoms with Crippen LogP contribution in [-0.2, 0) is 4.74 Å². The minimum atomic E-state index is -0.463. The van der Waals surface area contributed by atoms with Crippen LogP contribution in [0, 0.1) is 5.82 Å². The zero-order valence-electron chi connectivity index (χ0n) is 14.0. The first-order valence-electron chi connectivity index (χ1n) is 8.36. The van der Waals surface area contributed by atoms with Crippen molar-refractivity contribution in [2.24, 2.45) is 4.99 Å². The number of nitrogens with zero attached hydrogens (tertiary/aromatic N) is 1. The van der Waals surface area contributed by atoms with Gasteiger partial charge in [0.05, 0.1) is 12.6 Å². The van der Waals surface area contributed by atoms with Crippen LogP contribution in [0.3, 0.4) is 0 Å². The first-order chi connectivity index (χ1) is 12.6. The van der Waals surface area contributed by atoms with Crippen LogP contribution >= 0.6 is 15.9 Å². The van der Waals surface area contributed by atoms with Gasteiger partial charge in [0.1, 0.15) is 5.82 Å². The summed E-state index contributed by atoms with van der Waals surface area (Å²) in [5.74, 6) is -0.596. The van der Waals surface area contributed by atoms with Crippen molar-refractivity contribution in [3.63, 3.8) is 0 Å². The Labute approximate surface area is 159 Å². The largest absolute Gasteiger partial charge is 0.376 e. The first-order valence-corrected chi connectivity index (χ1v) is 9.15. The van der Waals surface area contributed by atoms with E-state index < -0.39 is 11.7 Å². The van der Waals surface area contributed by atoms with Crippen molar-refractivity contribution in [1.29, 1.82) is 0 Å². The van der Waals surface area contributed by atoms with Gasteiger partial charge in [-0.1, -0.05) is 28.1 Å². The molecule has 3 rings (SSSR count). The number of ether oxygens (including phenoxy) is 1. The number of hydrogen-bond donors (Lipinski definition) is 2. The van der Waals surface area contributed by atoms with Crippen molar-refractivity contribution in [2.45, 2.75) is 18.9 Å². The summed E-state index contributed by atoms with van der Waals surface area (Å²) in [6.07, 6.45) is 2.02. The van der Waals surface area contributed by atoms with Crippen molar-refractivity contribution in [2.75, 3.05) is 18.5 Å². The van der Waals surface area contributed by atoms with Gasteiger partial charge in [-0.15, -0.1) is 0 Å². The lowest BCUT2D eigenvalue weighted by Crippen LogP contribution is -2.36. The fraction of sp³-hybridized carbons (Fsp3) is 0.263. The predicted octanol–water partition coefficient (Wildman–Crippen LogP) is 3.97. The molecule has 1 fully saturated rings. The minimum absolute atomic E-state index is 0.0559. The van der Waals surface area contributed by atoms with E-state index in [1.165, 1.54) is 18.2 Å². The zero-order chi connectivity index (χ0) is 18.4. The quantitative estimate of drug-likeness (QED) is 0.582. The monoisotopic (exact) mass is 419 g/mol. The summed E-state index contributed by atoms with van der Waals surface area (Å²) < 4.78 is 19.8. The van der Waals surface area contributed by atoms with E-state index in [2.05, 4.69) is 31.6 Å². The highest BCUT2D eigenvalue weighted by molar-refractivity contribution is 9.10. The normalized spacial score (nSPS) is 17.2. The highest BCUT2D eigenvalue weighted by atomic mass is 79.9. The van der Waals surface area contributed by atoms with E-state index in [0.29, 0.717) is 12.5 Å². The highest BCUT2D eigenvalue weighted by Gasteiger charge is 2.16. The van der Waals surface area contributed by atoms with E-state index >= 15 is 0 Å². The highest BCUT2D eigenvalue weighted by Crippen LogP contribution is 2.16. The van der Waals surface area contributed by atoms with Crippen LogP contribution in [0.1, 0.15) is 23.2 Å². The van der Waals surface area contributed by atoms with E-state index in [0.717, 1.165) is 29.6 Å². The molecule has 1 aliphatic heterocycles. The molecule has 26 heavy (non-hydrogen) atoms. The molecule has 2 N–H and O–H groups in total. The molecule has 1 amide bonds. The molecule has 2 aromatic rings. The van der Waals surface area contributed by atoms with Gasteiger partial charge >= 0.3 is 0 Å². The Kier molecular flexibility index (Phi) is 6.35. The molecule has 2 aromatic carbocycles. The summed E-state index contributed by atoms with van der Waals surface area (Å²) >= 11 is 3.41. The molecule has 136 valence electrons. The SMILES string of the molecule is O=C(NC(=NCC1CCCO1)Nc1cccc(Br)c1)c1cccc(F)c1. The standard InChI is InChI=1S/C19H19BrFN3O2/c20-14-5-2-7-16(11-14)23-19(22-12-17-8-3-9-26-17)24-18(25)13-4-1-6-15(21)10-13/h1-2,4-7,10-11,17H,3,8-9,12H2,(H2,22,23,24,25). The number of benzene rings is 2. The van der Waals surface area contributed by atoms with Crippen LogP contribution in [0.5, 0.6) is 0 Å². The summed E-state index contributed by atoms with van der Waals surface area (Å²) in [6, 6.07) is 13.0. The van der Waals surface area contributed by atoms with Crippen LogP contribution in [0.15, 0.2) is 58.0 Å². The number of halogens is 2. The van der Waals surface area contributed by atoms with Crippen LogP contribution < -0.4 is 10.6 Å². The van der Waals surface area contributed by atoms with Crippen LogP contribution in [0.4, 0.5) is 10.1 Å². The average molecular weight is 420 g/mol. The number of hydrogen-bond acceptors (Lipinski definition) is 3. The molecule has 1 atom stereocenters. The number of guanidine groups is 1. The van der Waals surface area contributed by atoms with Crippen LogP contribution in [-0.4, -0.2) is 31.1 Å². The maximum absolute atomic E-state index is 13.4. The van der Waals surface area contributed by atoms with Gasteiger partial charge in [-0.25, -0.2) is 9.38 Å². The Hall–Kier alpha value is -2.25. The fourth-order valence-electron chi connectivity index (χ4n) is 2.60. The summed E-state index contributed by atoms with van der Waals surface area (Å²) in [6.45, 7) is 1.18. The molecule has 5 nitrogen and oxygen atoms in total. The maximum Gasteiger partial charge on any atom is 0.258 e. The molecule has 1 unspecified atom stereocenters. The van der Waals surface area contributed by atoms with Crippen molar-refractivity contribution in [3.05, 3.63) is 64.4 Å². The minimum Gasteiger partial charge on any atom is -0.376 e. The van der Waals surface area contributed by atoms with Crippen molar-refractivity contribution in [1.82, 2.24) is 5.32 Å². The second kappa shape index (κ2) is 8.91. The third-order valence-electron chi connectivity index (χ3n) is 3.88. The Morgan fingerprint density at radius 1 is 1.27 bits per heavy atom. The molecule has 0 bridgehead atoms. The molecule has 1 saturated heterocycles. The van der Waals surface area contributed by atoms with Crippen LogP contribution in [0.25, 0.3) is 0 Å². The first kappa shape index (κ1) is 18.5. The van der Waals surface area contributed by atoms with E-state index in [9.17, 15) is 9.18 Å². The van der Waals surface area contributed by atoms with Crippen molar-refractivity contribution in [3.8, 4) is 0 Å². The molecule has 1 heterocycles. The van der Waals surface area contributed by atoms with Gasteiger partial charge in [0.25, 0.3) is 5.91 Å². The van der Waals surface area contributed by atoms with Crippen molar-refractivity contribution < 1.29 is 13.9 Å². The number of rotatable bonds is 4. The molecule has 0 radical (unpaired) electrons. The predicted molar refractivity (Wildman–Crippen MR) is 103 cm³/mol. The lowest BCUT2D eigenvalue weighted by molar-refractivity contribution is 0.0975. The number of carbonyl (C=O) groups excluding carboxylic acids is 1. The van der Waals surface area contributed by atoms with Gasteiger partial charge < -0.3 is 10.1 Å². The average Bonchev–Trinajstić information content (AvgIpc) is 3.13. The molecule has 0 spiro atoms. The second-order valence-electron chi connectivity index (χ2n) is 5.92. The maximum atomic E-state index is 13.4. The molecule has 0 aromatic heterocycles. The van der Waals surface area contributed by atoms with Gasteiger partial charge in [-0.2, -0.15) is 0 Å². The molecule has 0 saturated carbocycles. The van der Waals surface area contributed by atoms with Gasteiger partial charge in [0, 0.05) is 22.3 Å². The second-order valence-corrected chi connectivity index (χ2v) is 6.84. The third-order valence-corrected chi connectivity index (χ3v) is 4.38. The van der Waals surface area contributed by atoms with E-state index in [1.54, 1.807) is 6.07 Å². The van der Waals surface area contributed by atoms with Crippen molar-refractivity contribution >= 4 is 33.5 Å². The van der Waals surface area contributed by atoms with Gasteiger partial charge in [0.2, 0.25) is 5.96 Å². The molecular weight excluding hydrogens is 401 g/mol. The Morgan fingerprint density at radius 2 is 2.12 bits per heavy atom. The molecular formula is C19H19BrFN3O2. The number of nitrogens with one attached hydrogen (secondary N) is 2. The Bertz CT molecular complexity index is 807. The van der Waals surface area contributed by atoms with Crippen LogP contribution in [0.2, 0.25) is 0 Å². The summed E-state index contributed by atoms with van der Waals surface area (Å²) in [5.41, 5.74) is 0.996. The molecule has 0 aliphatic carbocycles. The Balaban J connectivity index is 1.75. The summed E-state index contributed by atoms with van der Waals surface area (Å²) in [4.78, 5) is 16.9. The topological polar surface area (TPSA) is 62.7 Å². The number of aliphatic imine (C=N–C) groups is 1. The smallest absolute Gasteiger partial charge is 0.258 e. The Morgan fingerprint density at radius 3 is 2.85 bits per heavy atom. The summed E-state index contributed by atoms with van der Waals surface area (Å²) in [7, 11) is 0. The lowest BCUT2D eigenvalue weighted by Gasteiger charge is -2.13. The number of amides is 1. The molecule has 7 heteroatoms. The fourth-order valence-corrected chi connectivity index (χ4v) is 3.00. The number of carbonyl (C=O) groups is 1. The zero-order valence-corrected chi connectivity index (χ0v) is 15.6. The van der Waals surface area contributed by atoms with E-state index in [1.807, 2.05) is 24.3 Å². The van der Waals surface area contributed by atoms with Gasteiger partial charge in [-0.05, 0) is 49.2 Å². The van der Waals surface area contributed by atoms with E-state index in [4.69, 9.17) is 4.74 Å².